The van der Waals surface area contributed by atoms with Gasteiger partial charge in [0.2, 0.25) is 5.91 Å². The molecule has 3 rings (SSSR count). The highest BCUT2D eigenvalue weighted by Crippen LogP contribution is 2.55. The van der Waals surface area contributed by atoms with Gasteiger partial charge in [0.15, 0.2) is 0 Å². The van der Waals surface area contributed by atoms with E-state index < -0.39 is 0 Å². The van der Waals surface area contributed by atoms with Crippen molar-refractivity contribution in [3.05, 3.63) is 0 Å². The maximum Gasteiger partial charge on any atom is 0.223 e. The number of hydrogen-bond donors (Lipinski definition) is 1. The molecule has 4 atom stereocenters. The molecule has 0 spiro atoms. The zero-order chi connectivity index (χ0) is 11.8. The maximum absolute atomic E-state index is 12.2. The molecular weight excluding hydrogens is 212 g/mol. The Balaban J connectivity index is 1.56. The number of nitriles is 1. The highest BCUT2D eigenvalue weighted by Gasteiger charge is 2.55. The van der Waals surface area contributed by atoms with Crippen LogP contribution in [0.15, 0.2) is 0 Å². The SMILES string of the molecule is N#CC1CCCC1NC(=O)C1C2CCCCC21. The van der Waals surface area contributed by atoms with Crippen molar-refractivity contribution in [3.8, 4) is 6.07 Å². The fourth-order valence-electron chi connectivity index (χ4n) is 3.95. The molecule has 0 bridgehead atoms. The Morgan fingerprint density at radius 3 is 2.41 bits per heavy atom. The zero-order valence-corrected chi connectivity index (χ0v) is 10.2. The lowest BCUT2D eigenvalue weighted by molar-refractivity contribution is -0.123. The summed E-state index contributed by atoms with van der Waals surface area (Å²) in [5.74, 6) is 1.93. The smallest absolute Gasteiger partial charge is 0.223 e. The molecule has 0 aromatic rings. The number of rotatable bonds is 2. The summed E-state index contributed by atoms with van der Waals surface area (Å²) in [4.78, 5) is 12.2. The van der Waals surface area contributed by atoms with Gasteiger partial charge >= 0.3 is 0 Å². The Kier molecular flexibility index (Phi) is 2.82. The van der Waals surface area contributed by atoms with Gasteiger partial charge in [-0.1, -0.05) is 12.8 Å². The summed E-state index contributed by atoms with van der Waals surface area (Å²) in [5, 5.41) is 12.1. The van der Waals surface area contributed by atoms with Crippen molar-refractivity contribution in [2.45, 2.75) is 51.0 Å². The summed E-state index contributed by atoms with van der Waals surface area (Å²) in [6.07, 6.45) is 8.13. The van der Waals surface area contributed by atoms with Crippen molar-refractivity contribution in [1.29, 1.82) is 5.26 Å². The van der Waals surface area contributed by atoms with Crippen LogP contribution in [-0.2, 0) is 4.79 Å². The van der Waals surface area contributed by atoms with E-state index in [0.717, 1.165) is 19.3 Å². The molecule has 3 nitrogen and oxygen atoms in total. The lowest BCUT2D eigenvalue weighted by atomic mass is 10.0. The van der Waals surface area contributed by atoms with Gasteiger partial charge in [-0.15, -0.1) is 0 Å². The zero-order valence-electron chi connectivity index (χ0n) is 10.2. The monoisotopic (exact) mass is 232 g/mol. The minimum absolute atomic E-state index is 0.0553. The first-order valence-electron chi connectivity index (χ1n) is 7.01. The number of nitrogens with zero attached hydrogens (tertiary/aromatic N) is 1. The molecule has 4 unspecified atom stereocenters. The van der Waals surface area contributed by atoms with E-state index in [9.17, 15) is 4.79 Å². The molecule has 3 fully saturated rings. The fourth-order valence-corrected chi connectivity index (χ4v) is 3.95. The lowest BCUT2D eigenvalue weighted by Gasteiger charge is -2.15. The third-order valence-electron chi connectivity index (χ3n) is 4.97. The van der Waals surface area contributed by atoms with Gasteiger partial charge in [0, 0.05) is 12.0 Å². The van der Waals surface area contributed by atoms with E-state index in [2.05, 4.69) is 11.4 Å². The first-order chi connectivity index (χ1) is 8.31. The van der Waals surface area contributed by atoms with Crippen LogP contribution in [-0.4, -0.2) is 11.9 Å². The molecule has 0 aromatic heterocycles. The second-order valence-electron chi connectivity index (χ2n) is 5.92. The summed E-state index contributed by atoms with van der Waals surface area (Å²) in [7, 11) is 0. The first kappa shape index (κ1) is 11.1. The van der Waals surface area contributed by atoms with E-state index >= 15 is 0 Å². The molecule has 3 heteroatoms. The van der Waals surface area contributed by atoms with E-state index in [0.29, 0.717) is 11.8 Å². The summed E-state index contributed by atoms with van der Waals surface area (Å²) in [5.41, 5.74) is 0. The molecule has 0 aliphatic heterocycles. The Morgan fingerprint density at radius 1 is 1.06 bits per heavy atom. The molecule has 0 heterocycles. The van der Waals surface area contributed by atoms with Gasteiger partial charge in [-0.3, -0.25) is 4.79 Å². The van der Waals surface area contributed by atoms with Crippen LogP contribution in [0.2, 0.25) is 0 Å². The Hall–Kier alpha value is -1.04. The van der Waals surface area contributed by atoms with Gasteiger partial charge in [-0.05, 0) is 43.9 Å². The van der Waals surface area contributed by atoms with Crippen molar-refractivity contribution in [2.24, 2.45) is 23.7 Å². The molecule has 0 saturated heterocycles. The summed E-state index contributed by atoms with van der Waals surface area (Å²) in [6, 6.07) is 2.46. The number of carbonyl (C=O) groups is 1. The average Bonchev–Trinajstić information content (AvgIpc) is 2.92. The molecule has 0 aromatic carbocycles. The normalized spacial score (nSPS) is 43.6. The van der Waals surface area contributed by atoms with Crippen LogP contribution in [0.4, 0.5) is 0 Å². The predicted octanol–water partition coefficient (Wildman–Crippen LogP) is 2.23. The van der Waals surface area contributed by atoms with Crippen LogP contribution in [0.3, 0.4) is 0 Å². The third-order valence-corrected chi connectivity index (χ3v) is 4.97. The largest absolute Gasteiger partial charge is 0.352 e. The molecule has 92 valence electrons. The van der Waals surface area contributed by atoms with Crippen LogP contribution < -0.4 is 5.32 Å². The average molecular weight is 232 g/mol. The van der Waals surface area contributed by atoms with Crippen LogP contribution in [0, 0.1) is 35.0 Å². The van der Waals surface area contributed by atoms with E-state index in [1.807, 2.05) is 0 Å². The van der Waals surface area contributed by atoms with Gasteiger partial charge in [-0.2, -0.15) is 5.26 Å². The molecule has 0 radical (unpaired) electrons. The van der Waals surface area contributed by atoms with Gasteiger partial charge in [0.25, 0.3) is 0 Å². The number of fused-ring (bicyclic) bond motifs is 1. The highest BCUT2D eigenvalue weighted by atomic mass is 16.2. The van der Waals surface area contributed by atoms with Crippen LogP contribution in [0.5, 0.6) is 0 Å². The Labute approximate surface area is 103 Å². The van der Waals surface area contributed by atoms with Gasteiger partial charge in [0.05, 0.1) is 12.0 Å². The van der Waals surface area contributed by atoms with Crippen molar-refractivity contribution < 1.29 is 4.79 Å². The number of nitrogens with one attached hydrogen (secondary N) is 1. The summed E-state index contributed by atoms with van der Waals surface area (Å²) in [6.45, 7) is 0. The number of hydrogen-bond acceptors (Lipinski definition) is 2. The van der Waals surface area contributed by atoms with E-state index in [1.54, 1.807) is 0 Å². The topological polar surface area (TPSA) is 52.9 Å². The minimum Gasteiger partial charge on any atom is -0.352 e. The van der Waals surface area contributed by atoms with Crippen LogP contribution in [0.1, 0.15) is 44.9 Å². The van der Waals surface area contributed by atoms with Crippen LogP contribution >= 0.6 is 0 Å². The van der Waals surface area contributed by atoms with Gasteiger partial charge < -0.3 is 5.32 Å². The van der Waals surface area contributed by atoms with Gasteiger partial charge in [0.1, 0.15) is 0 Å². The third kappa shape index (κ3) is 1.94. The lowest BCUT2D eigenvalue weighted by Crippen LogP contribution is -2.38. The highest BCUT2D eigenvalue weighted by molar-refractivity contribution is 5.82. The summed E-state index contributed by atoms with van der Waals surface area (Å²) >= 11 is 0. The minimum atomic E-state index is 0.0553. The Bertz CT molecular complexity index is 348. The molecule has 3 aliphatic rings. The van der Waals surface area contributed by atoms with Crippen molar-refractivity contribution in [3.63, 3.8) is 0 Å². The predicted molar refractivity (Wildman–Crippen MR) is 63.8 cm³/mol. The first-order valence-corrected chi connectivity index (χ1v) is 7.01. The second kappa shape index (κ2) is 4.33. The molecule has 3 aliphatic carbocycles. The summed E-state index contributed by atoms with van der Waals surface area (Å²) < 4.78 is 0. The standard InChI is InChI=1S/C14H20N2O/c15-8-9-4-3-7-12(9)16-14(17)13-10-5-1-2-6-11(10)13/h9-13H,1-7H2,(H,16,17). The van der Waals surface area contributed by atoms with E-state index in [1.165, 1.54) is 25.7 Å². The molecule has 1 amide bonds. The van der Waals surface area contributed by atoms with Crippen molar-refractivity contribution in [2.75, 3.05) is 0 Å². The van der Waals surface area contributed by atoms with Crippen molar-refractivity contribution >= 4 is 5.91 Å². The molecule has 1 N–H and O–H groups in total. The number of carbonyl (C=O) groups excluding carboxylic acids is 1. The van der Waals surface area contributed by atoms with Gasteiger partial charge in [-0.25, -0.2) is 0 Å². The molecule has 3 saturated carbocycles. The molecular formula is C14H20N2O. The van der Waals surface area contributed by atoms with E-state index in [4.69, 9.17) is 5.26 Å². The fraction of sp³-hybridized carbons (Fsp3) is 0.857. The Morgan fingerprint density at radius 2 is 1.76 bits per heavy atom. The quantitative estimate of drug-likeness (QED) is 0.793. The van der Waals surface area contributed by atoms with Crippen LogP contribution in [0.25, 0.3) is 0 Å². The van der Waals surface area contributed by atoms with Crippen molar-refractivity contribution in [1.82, 2.24) is 5.32 Å². The van der Waals surface area contributed by atoms with E-state index in [-0.39, 0.29) is 23.8 Å². The molecule has 17 heavy (non-hydrogen) atoms. The maximum atomic E-state index is 12.2. The number of amides is 1. The second-order valence-corrected chi connectivity index (χ2v) is 5.92.